The maximum absolute atomic E-state index is 13.0. The molecule has 0 amide bonds. The second-order valence-corrected chi connectivity index (χ2v) is 7.36. The quantitative estimate of drug-likeness (QED) is 0.825. The molecular weight excluding hydrogens is 321 g/mol. The second-order valence-electron chi connectivity index (χ2n) is 4.13. The number of alkyl halides is 1. The van der Waals surface area contributed by atoms with Gasteiger partial charge in [-0.25, -0.2) is 17.5 Å². The lowest BCUT2D eigenvalue weighted by molar-refractivity contribution is 0.574. The highest BCUT2D eigenvalue weighted by Crippen LogP contribution is 2.27. The molecule has 0 aliphatic rings. The fourth-order valence-electron chi connectivity index (χ4n) is 1.74. The highest BCUT2D eigenvalue weighted by molar-refractivity contribution is 7.89. The van der Waals surface area contributed by atoms with Crippen molar-refractivity contribution in [2.75, 3.05) is 11.6 Å². The van der Waals surface area contributed by atoms with Crippen molar-refractivity contribution in [3.05, 3.63) is 58.0 Å². The van der Waals surface area contributed by atoms with Crippen molar-refractivity contribution in [3.8, 4) is 0 Å². The van der Waals surface area contributed by atoms with Crippen molar-refractivity contribution in [1.29, 1.82) is 0 Å². The van der Waals surface area contributed by atoms with E-state index in [1.54, 1.807) is 12.1 Å². The van der Waals surface area contributed by atoms with Crippen LogP contribution in [0.3, 0.4) is 0 Å². The van der Waals surface area contributed by atoms with E-state index in [0.29, 0.717) is 5.56 Å². The average Bonchev–Trinajstić information content (AvgIpc) is 2.91. The molecule has 108 valence electrons. The first-order valence-electron chi connectivity index (χ1n) is 5.86. The van der Waals surface area contributed by atoms with Crippen molar-refractivity contribution < 1.29 is 12.8 Å². The van der Waals surface area contributed by atoms with Crippen molar-refractivity contribution in [3.63, 3.8) is 0 Å². The Labute approximate surface area is 126 Å². The topological polar surface area (TPSA) is 46.2 Å². The molecule has 20 heavy (non-hydrogen) atoms. The average molecular weight is 334 g/mol. The molecule has 0 saturated carbocycles. The molecule has 7 heteroatoms. The van der Waals surface area contributed by atoms with Crippen molar-refractivity contribution >= 4 is 33.0 Å². The van der Waals surface area contributed by atoms with Gasteiger partial charge in [-0.2, -0.15) is 0 Å². The summed E-state index contributed by atoms with van der Waals surface area (Å²) < 4.78 is 39.4. The molecule has 1 atom stereocenters. The summed E-state index contributed by atoms with van der Waals surface area (Å²) >= 11 is 6.93. The van der Waals surface area contributed by atoms with Gasteiger partial charge < -0.3 is 0 Å². The van der Waals surface area contributed by atoms with Crippen LogP contribution in [-0.2, 0) is 10.0 Å². The highest BCUT2D eigenvalue weighted by atomic mass is 35.5. The van der Waals surface area contributed by atoms with Gasteiger partial charge in [-0.1, -0.05) is 18.2 Å². The number of sulfonamides is 1. The SMILES string of the molecule is O=S(=O)(CCCl)NC(c1ccc(F)cc1)c1cccs1. The summed E-state index contributed by atoms with van der Waals surface area (Å²) in [7, 11) is -3.48. The lowest BCUT2D eigenvalue weighted by atomic mass is 10.1. The van der Waals surface area contributed by atoms with E-state index in [2.05, 4.69) is 4.72 Å². The number of rotatable bonds is 6. The third-order valence-electron chi connectivity index (χ3n) is 2.67. The van der Waals surface area contributed by atoms with Crippen molar-refractivity contribution in [2.45, 2.75) is 6.04 Å². The third kappa shape index (κ3) is 4.02. The summed E-state index contributed by atoms with van der Waals surface area (Å²) in [5, 5.41) is 1.86. The molecule has 1 heterocycles. The van der Waals surface area contributed by atoms with Gasteiger partial charge in [0.25, 0.3) is 0 Å². The molecule has 1 aromatic heterocycles. The van der Waals surface area contributed by atoms with Crippen molar-refractivity contribution in [1.82, 2.24) is 4.72 Å². The zero-order valence-electron chi connectivity index (χ0n) is 10.4. The van der Waals surface area contributed by atoms with Crippen LogP contribution in [0.25, 0.3) is 0 Å². The summed E-state index contributed by atoms with van der Waals surface area (Å²) in [6.45, 7) is 0. The molecule has 1 aromatic carbocycles. The molecule has 1 unspecified atom stereocenters. The van der Waals surface area contributed by atoms with Gasteiger partial charge in [0.1, 0.15) is 5.82 Å². The molecule has 0 saturated heterocycles. The Morgan fingerprint density at radius 3 is 2.50 bits per heavy atom. The number of thiophene rings is 1. The van der Waals surface area contributed by atoms with E-state index in [-0.39, 0.29) is 17.5 Å². The number of hydrogen-bond acceptors (Lipinski definition) is 3. The van der Waals surface area contributed by atoms with Crippen LogP contribution in [-0.4, -0.2) is 20.1 Å². The number of halogens is 2. The second kappa shape index (κ2) is 6.67. The van der Waals surface area contributed by atoms with Crippen LogP contribution in [0.2, 0.25) is 0 Å². The van der Waals surface area contributed by atoms with Crippen LogP contribution < -0.4 is 4.72 Å². The predicted octanol–water partition coefficient (Wildman–Crippen LogP) is 3.13. The first kappa shape index (κ1) is 15.4. The van der Waals surface area contributed by atoms with E-state index < -0.39 is 16.1 Å². The van der Waals surface area contributed by atoms with Crippen LogP contribution >= 0.6 is 22.9 Å². The summed E-state index contributed by atoms with van der Waals surface area (Å²) in [5.41, 5.74) is 0.687. The van der Waals surface area contributed by atoms with Gasteiger partial charge in [0.05, 0.1) is 11.8 Å². The summed E-state index contributed by atoms with van der Waals surface area (Å²) in [4.78, 5) is 0.842. The minimum absolute atomic E-state index is 0.0237. The fraction of sp³-hybridized carbons (Fsp3) is 0.231. The lowest BCUT2D eigenvalue weighted by Crippen LogP contribution is -2.31. The molecular formula is C13H13ClFNO2S2. The van der Waals surface area contributed by atoms with E-state index in [4.69, 9.17) is 11.6 Å². The Hall–Kier alpha value is -0.950. The van der Waals surface area contributed by atoms with Gasteiger partial charge in [0.2, 0.25) is 10.0 Å². The van der Waals surface area contributed by atoms with Crippen LogP contribution in [0.4, 0.5) is 4.39 Å². The Balaban J connectivity index is 2.33. The van der Waals surface area contributed by atoms with Gasteiger partial charge >= 0.3 is 0 Å². The minimum atomic E-state index is -3.48. The zero-order chi connectivity index (χ0) is 14.6. The first-order chi connectivity index (χ1) is 9.52. The van der Waals surface area contributed by atoms with Gasteiger partial charge in [0, 0.05) is 10.8 Å². The van der Waals surface area contributed by atoms with E-state index in [1.807, 2.05) is 17.5 Å². The van der Waals surface area contributed by atoms with Gasteiger partial charge in [-0.05, 0) is 29.1 Å². The molecule has 2 rings (SSSR count). The predicted molar refractivity (Wildman–Crippen MR) is 80.2 cm³/mol. The van der Waals surface area contributed by atoms with Gasteiger partial charge in [-0.15, -0.1) is 22.9 Å². The van der Waals surface area contributed by atoms with E-state index in [0.717, 1.165) is 4.88 Å². The molecule has 3 nitrogen and oxygen atoms in total. The molecule has 0 fully saturated rings. The van der Waals surface area contributed by atoms with Crippen LogP contribution in [0.5, 0.6) is 0 Å². The first-order valence-corrected chi connectivity index (χ1v) is 8.93. The maximum atomic E-state index is 13.0. The molecule has 2 aromatic rings. The fourth-order valence-corrected chi connectivity index (χ4v) is 4.17. The molecule has 0 bridgehead atoms. The molecule has 0 spiro atoms. The summed E-state index contributed by atoms with van der Waals surface area (Å²) in [6, 6.07) is 8.92. The standard InChI is InChI=1S/C13H13ClFNO2S2/c14-7-9-20(17,18)16-13(12-2-1-8-19-12)10-3-5-11(15)6-4-10/h1-6,8,13,16H,7,9H2. The van der Waals surface area contributed by atoms with E-state index >= 15 is 0 Å². The number of hydrogen-bond donors (Lipinski definition) is 1. The molecule has 1 N–H and O–H groups in total. The van der Waals surface area contributed by atoms with Crippen LogP contribution in [0.15, 0.2) is 41.8 Å². The number of nitrogens with one attached hydrogen (secondary N) is 1. The minimum Gasteiger partial charge on any atom is -0.212 e. The smallest absolute Gasteiger partial charge is 0.212 e. The Bertz CT molecular complexity index is 642. The third-order valence-corrected chi connectivity index (χ3v) is 5.36. The van der Waals surface area contributed by atoms with Gasteiger partial charge in [-0.3, -0.25) is 0 Å². The highest BCUT2D eigenvalue weighted by Gasteiger charge is 2.21. The number of benzene rings is 1. The van der Waals surface area contributed by atoms with Crippen LogP contribution in [0, 0.1) is 5.82 Å². The Kier molecular flexibility index (Phi) is 5.15. The van der Waals surface area contributed by atoms with Crippen LogP contribution in [0.1, 0.15) is 16.5 Å². The zero-order valence-corrected chi connectivity index (χ0v) is 12.8. The normalized spacial score (nSPS) is 13.3. The lowest BCUT2D eigenvalue weighted by Gasteiger charge is -2.17. The molecule has 0 aliphatic heterocycles. The summed E-state index contributed by atoms with van der Waals surface area (Å²) in [5.74, 6) is -0.490. The summed E-state index contributed by atoms with van der Waals surface area (Å²) in [6.07, 6.45) is 0. The van der Waals surface area contributed by atoms with Gasteiger partial charge in [0.15, 0.2) is 0 Å². The van der Waals surface area contributed by atoms with E-state index in [9.17, 15) is 12.8 Å². The van der Waals surface area contributed by atoms with Crippen molar-refractivity contribution in [2.24, 2.45) is 0 Å². The maximum Gasteiger partial charge on any atom is 0.213 e. The Morgan fingerprint density at radius 2 is 1.95 bits per heavy atom. The largest absolute Gasteiger partial charge is 0.213 e. The Morgan fingerprint density at radius 1 is 1.25 bits per heavy atom. The molecule has 0 radical (unpaired) electrons. The monoisotopic (exact) mass is 333 g/mol. The molecule has 0 aliphatic carbocycles. The van der Waals surface area contributed by atoms with E-state index in [1.165, 1.54) is 23.5 Å².